The molecule has 0 atom stereocenters. The van der Waals surface area contributed by atoms with E-state index in [9.17, 15) is 14.4 Å². The smallest absolute Gasteiger partial charge is 0.321 e. The highest BCUT2D eigenvalue weighted by atomic mass is 16.5. The lowest BCUT2D eigenvalue weighted by molar-refractivity contribution is -0.122. The first-order chi connectivity index (χ1) is 11.0. The minimum atomic E-state index is -0.654. The summed E-state index contributed by atoms with van der Waals surface area (Å²) in [6.07, 6.45) is 1.48. The Bertz CT molecular complexity index is 680. The third-order valence-electron chi connectivity index (χ3n) is 2.76. The Balaban J connectivity index is 1.71. The molecule has 0 bridgehead atoms. The van der Waals surface area contributed by atoms with Gasteiger partial charge in [0.25, 0.3) is 5.91 Å². The number of hydrogen-bond donors (Lipinski definition) is 3. The first-order valence-corrected chi connectivity index (χ1v) is 6.67. The van der Waals surface area contributed by atoms with Gasteiger partial charge < -0.3 is 20.2 Å². The Hall–Kier alpha value is -3.29. The van der Waals surface area contributed by atoms with Gasteiger partial charge in [-0.05, 0) is 36.4 Å². The van der Waals surface area contributed by atoms with Gasteiger partial charge >= 0.3 is 6.03 Å². The van der Waals surface area contributed by atoms with E-state index in [0.717, 1.165) is 0 Å². The molecule has 0 fully saturated rings. The number of nitrogens with two attached hydrogens (primary N) is 1. The number of primary amides is 1. The number of imide groups is 1. The summed E-state index contributed by atoms with van der Waals surface area (Å²) < 4.78 is 10.2. The third kappa shape index (κ3) is 5.20. The van der Waals surface area contributed by atoms with Gasteiger partial charge in [-0.2, -0.15) is 0 Å². The molecule has 120 valence electrons. The monoisotopic (exact) mass is 317 g/mol. The summed E-state index contributed by atoms with van der Waals surface area (Å²) in [7, 11) is 0. The Kier molecular flexibility index (Phi) is 5.35. The molecular formula is C15H15N3O5. The zero-order valence-corrected chi connectivity index (χ0v) is 12.1. The summed E-state index contributed by atoms with van der Waals surface area (Å²) in [5.41, 5.74) is 5.44. The van der Waals surface area contributed by atoms with Gasteiger partial charge in [0.05, 0.1) is 12.8 Å². The molecule has 0 saturated carbocycles. The maximum atomic E-state index is 11.6. The summed E-state index contributed by atoms with van der Waals surface area (Å²) in [4.78, 5) is 34.0. The maximum absolute atomic E-state index is 11.6. The van der Waals surface area contributed by atoms with Crippen LogP contribution in [0.15, 0.2) is 47.1 Å². The number of amides is 4. The van der Waals surface area contributed by atoms with Crippen LogP contribution in [0.2, 0.25) is 0 Å². The van der Waals surface area contributed by atoms with Crippen LogP contribution >= 0.6 is 0 Å². The second kappa shape index (κ2) is 7.64. The third-order valence-corrected chi connectivity index (χ3v) is 2.76. The van der Waals surface area contributed by atoms with Crippen molar-refractivity contribution in [1.82, 2.24) is 10.6 Å². The van der Waals surface area contributed by atoms with E-state index >= 15 is 0 Å². The molecule has 4 N–H and O–H groups in total. The molecule has 0 spiro atoms. The molecule has 1 heterocycles. The van der Waals surface area contributed by atoms with E-state index in [2.05, 4.69) is 10.6 Å². The normalized spacial score (nSPS) is 9.91. The molecule has 0 unspecified atom stereocenters. The zero-order valence-electron chi connectivity index (χ0n) is 12.1. The minimum Gasteiger partial charge on any atom is -0.484 e. The first kappa shape index (κ1) is 16.1. The van der Waals surface area contributed by atoms with Crippen molar-refractivity contribution in [2.45, 2.75) is 6.54 Å². The van der Waals surface area contributed by atoms with E-state index in [1.165, 1.54) is 30.5 Å². The van der Waals surface area contributed by atoms with Crippen LogP contribution in [0.4, 0.5) is 4.79 Å². The van der Waals surface area contributed by atoms with Gasteiger partial charge in [-0.1, -0.05) is 0 Å². The van der Waals surface area contributed by atoms with Crippen molar-refractivity contribution in [3.05, 3.63) is 54.0 Å². The molecule has 1 aromatic carbocycles. The molecule has 0 aliphatic rings. The summed E-state index contributed by atoms with van der Waals surface area (Å²) >= 11 is 0. The van der Waals surface area contributed by atoms with Crippen molar-refractivity contribution in [1.29, 1.82) is 0 Å². The van der Waals surface area contributed by atoms with Crippen LogP contribution in [0.1, 0.15) is 16.1 Å². The Labute approximate surface area is 131 Å². The largest absolute Gasteiger partial charge is 0.484 e. The van der Waals surface area contributed by atoms with E-state index in [1.54, 1.807) is 12.1 Å². The van der Waals surface area contributed by atoms with E-state index < -0.39 is 17.8 Å². The minimum absolute atomic E-state index is 0.168. The number of benzene rings is 1. The highest BCUT2D eigenvalue weighted by molar-refractivity contribution is 5.95. The van der Waals surface area contributed by atoms with Crippen molar-refractivity contribution in [3.63, 3.8) is 0 Å². The molecule has 0 aliphatic heterocycles. The average molecular weight is 317 g/mol. The van der Waals surface area contributed by atoms with Gasteiger partial charge in [0, 0.05) is 5.56 Å². The number of ether oxygens (including phenoxy) is 1. The summed E-state index contributed by atoms with van der Waals surface area (Å²) in [6, 6.07) is 8.70. The molecule has 0 radical (unpaired) electrons. The highest BCUT2D eigenvalue weighted by Crippen LogP contribution is 2.11. The number of rotatable bonds is 6. The molecule has 8 heteroatoms. The summed E-state index contributed by atoms with van der Waals surface area (Å²) in [5.74, 6) is -0.219. The highest BCUT2D eigenvalue weighted by Gasteiger charge is 2.09. The lowest BCUT2D eigenvalue weighted by Gasteiger charge is -2.07. The van der Waals surface area contributed by atoms with E-state index in [1.807, 2.05) is 0 Å². The number of carbonyl (C=O) groups excluding carboxylic acids is 3. The molecule has 23 heavy (non-hydrogen) atoms. The van der Waals surface area contributed by atoms with Gasteiger partial charge in [-0.15, -0.1) is 0 Å². The van der Waals surface area contributed by atoms with Crippen LogP contribution in [0.3, 0.4) is 0 Å². The fraction of sp³-hybridized carbons (Fsp3) is 0.133. The number of hydrogen-bond acceptors (Lipinski definition) is 5. The van der Waals surface area contributed by atoms with Crippen molar-refractivity contribution in [3.8, 4) is 5.75 Å². The van der Waals surface area contributed by atoms with Gasteiger partial charge in [-0.25, -0.2) is 4.79 Å². The van der Waals surface area contributed by atoms with Crippen molar-refractivity contribution in [2.75, 3.05) is 6.61 Å². The van der Waals surface area contributed by atoms with Crippen LogP contribution in [-0.2, 0) is 11.3 Å². The number of carbonyl (C=O) groups is 3. The number of nitrogens with one attached hydrogen (secondary N) is 2. The van der Waals surface area contributed by atoms with Crippen molar-refractivity contribution < 1.29 is 23.5 Å². The molecule has 8 nitrogen and oxygen atoms in total. The van der Waals surface area contributed by atoms with Crippen LogP contribution < -0.4 is 21.1 Å². The number of furan rings is 1. The van der Waals surface area contributed by atoms with Crippen LogP contribution in [0.5, 0.6) is 5.75 Å². The topological polar surface area (TPSA) is 124 Å². The molecule has 0 saturated heterocycles. The lowest BCUT2D eigenvalue weighted by Crippen LogP contribution is -2.41. The maximum Gasteiger partial charge on any atom is 0.321 e. The predicted molar refractivity (Wildman–Crippen MR) is 79.5 cm³/mol. The van der Waals surface area contributed by atoms with E-state index in [0.29, 0.717) is 17.1 Å². The van der Waals surface area contributed by atoms with E-state index in [4.69, 9.17) is 14.9 Å². The Morgan fingerprint density at radius 3 is 2.48 bits per heavy atom. The Morgan fingerprint density at radius 1 is 1.13 bits per heavy atom. The van der Waals surface area contributed by atoms with E-state index in [-0.39, 0.29) is 13.2 Å². The molecule has 2 rings (SSSR count). The van der Waals surface area contributed by atoms with Crippen LogP contribution in [0.25, 0.3) is 0 Å². The zero-order chi connectivity index (χ0) is 16.7. The quantitative estimate of drug-likeness (QED) is 0.726. The molecular weight excluding hydrogens is 302 g/mol. The lowest BCUT2D eigenvalue weighted by atomic mass is 10.2. The first-order valence-electron chi connectivity index (χ1n) is 6.67. The molecule has 2 aromatic rings. The van der Waals surface area contributed by atoms with Gasteiger partial charge in [0.1, 0.15) is 11.5 Å². The van der Waals surface area contributed by atoms with Crippen LogP contribution in [-0.4, -0.2) is 24.5 Å². The molecule has 1 aromatic heterocycles. The fourth-order valence-corrected chi connectivity index (χ4v) is 1.65. The van der Waals surface area contributed by atoms with Gasteiger partial charge in [0.2, 0.25) is 5.91 Å². The summed E-state index contributed by atoms with van der Waals surface area (Å²) in [6.45, 7) is -0.175. The van der Waals surface area contributed by atoms with Crippen molar-refractivity contribution >= 4 is 17.8 Å². The summed E-state index contributed by atoms with van der Waals surface area (Å²) in [5, 5.41) is 4.57. The number of urea groups is 1. The molecule has 4 amide bonds. The second-order valence-corrected chi connectivity index (χ2v) is 4.49. The second-order valence-electron chi connectivity index (χ2n) is 4.49. The molecule has 0 aliphatic carbocycles. The Morgan fingerprint density at radius 2 is 1.87 bits per heavy atom. The van der Waals surface area contributed by atoms with Gasteiger partial charge in [0.15, 0.2) is 6.61 Å². The fourth-order valence-electron chi connectivity index (χ4n) is 1.65. The average Bonchev–Trinajstić information content (AvgIpc) is 3.05. The predicted octanol–water partition coefficient (Wildman–Crippen LogP) is 0.783. The van der Waals surface area contributed by atoms with Gasteiger partial charge in [-0.3, -0.25) is 14.9 Å². The SMILES string of the molecule is NC(=O)c1ccc(OCC(=O)NC(=O)NCc2ccco2)cc1. The standard InChI is InChI=1S/C15H15N3O5/c16-14(20)10-3-5-11(6-4-10)23-9-13(19)18-15(21)17-8-12-2-1-7-22-12/h1-7H,8-9H2,(H2,16,20)(H2,17,18,19,21). The van der Waals surface area contributed by atoms with Crippen LogP contribution in [0, 0.1) is 0 Å². The van der Waals surface area contributed by atoms with Crippen molar-refractivity contribution in [2.24, 2.45) is 5.73 Å².